The summed E-state index contributed by atoms with van der Waals surface area (Å²) in [6, 6.07) is 13.2. The SMILES string of the molecule is CCOc1ccccc1-c1noc(COC(=O)CSc2ccc(F)cc2)n1. The van der Waals surface area contributed by atoms with Crippen LogP contribution in [0, 0.1) is 5.82 Å². The van der Waals surface area contributed by atoms with E-state index < -0.39 is 5.97 Å². The van der Waals surface area contributed by atoms with Gasteiger partial charge in [0.2, 0.25) is 5.82 Å². The summed E-state index contributed by atoms with van der Waals surface area (Å²) in [5.41, 5.74) is 0.701. The second-order valence-corrected chi connectivity index (χ2v) is 6.39. The van der Waals surface area contributed by atoms with Gasteiger partial charge in [-0.2, -0.15) is 4.98 Å². The van der Waals surface area contributed by atoms with Crippen LogP contribution in [0.1, 0.15) is 12.8 Å². The van der Waals surface area contributed by atoms with Crippen LogP contribution in [0.3, 0.4) is 0 Å². The Kier molecular flexibility index (Phi) is 6.43. The van der Waals surface area contributed by atoms with Crippen molar-refractivity contribution in [3.05, 3.63) is 60.2 Å². The van der Waals surface area contributed by atoms with Crippen LogP contribution in [-0.4, -0.2) is 28.5 Å². The van der Waals surface area contributed by atoms with Crippen molar-refractivity contribution in [2.24, 2.45) is 0 Å². The first-order chi connectivity index (χ1) is 13.2. The lowest BCUT2D eigenvalue weighted by atomic mass is 10.2. The molecule has 2 aromatic carbocycles. The fourth-order valence-electron chi connectivity index (χ4n) is 2.21. The number of aromatic nitrogens is 2. The molecule has 0 atom stereocenters. The fraction of sp³-hybridized carbons (Fsp3) is 0.211. The summed E-state index contributed by atoms with van der Waals surface area (Å²) in [7, 11) is 0. The largest absolute Gasteiger partial charge is 0.493 e. The minimum absolute atomic E-state index is 0.0970. The summed E-state index contributed by atoms with van der Waals surface area (Å²) in [4.78, 5) is 16.9. The maximum atomic E-state index is 12.9. The number of carbonyl (C=O) groups excluding carboxylic acids is 1. The number of esters is 1. The maximum absolute atomic E-state index is 12.9. The molecule has 0 fully saturated rings. The van der Waals surface area contributed by atoms with Crippen molar-refractivity contribution < 1.29 is 23.2 Å². The van der Waals surface area contributed by atoms with Crippen molar-refractivity contribution >= 4 is 17.7 Å². The number of thioether (sulfide) groups is 1. The molecule has 3 aromatic rings. The molecule has 0 N–H and O–H groups in total. The van der Waals surface area contributed by atoms with Crippen LogP contribution >= 0.6 is 11.8 Å². The van der Waals surface area contributed by atoms with Crippen molar-refractivity contribution in [2.75, 3.05) is 12.4 Å². The Morgan fingerprint density at radius 2 is 1.96 bits per heavy atom. The van der Waals surface area contributed by atoms with Crippen molar-refractivity contribution in [3.63, 3.8) is 0 Å². The summed E-state index contributed by atoms with van der Waals surface area (Å²) in [5, 5.41) is 3.91. The molecule has 0 spiro atoms. The molecule has 0 amide bonds. The van der Waals surface area contributed by atoms with E-state index in [2.05, 4.69) is 10.1 Å². The van der Waals surface area contributed by atoms with Gasteiger partial charge in [-0.3, -0.25) is 4.79 Å². The summed E-state index contributed by atoms with van der Waals surface area (Å²) in [5.74, 6) is 0.556. The van der Waals surface area contributed by atoms with E-state index in [4.69, 9.17) is 14.0 Å². The molecule has 0 aliphatic carbocycles. The first kappa shape index (κ1) is 18.9. The molecule has 0 unspecified atom stereocenters. The normalized spacial score (nSPS) is 10.6. The van der Waals surface area contributed by atoms with Crippen LogP contribution in [-0.2, 0) is 16.1 Å². The molecule has 0 saturated heterocycles. The molecule has 6 nitrogen and oxygen atoms in total. The molecule has 0 radical (unpaired) electrons. The van der Waals surface area contributed by atoms with Crippen LogP contribution in [0.2, 0.25) is 0 Å². The van der Waals surface area contributed by atoms with E-state index in [1.165, 1.54) is 23.9 Å². The molecule has 1 aromatic heterocycles. The van der Waals surface area contributed by atoms with Gasteiger partial charge in [-0.05, 0) is 43.3 Å². The predicted molar refractivity (Wildman–Crippen MR) is 97.8 cm³/mol. The highest BCUT2D eigenvalue weighted by Crippen LogP contribution is 2.27. The Labute approximate surface area is 159 Å². The van der Waals surface area contributed by atoms with E-state index in [0.29, 0.717) is 23.7 Å². The fourth-order valence-corrected chi connectivity index (χ4v) is 2.91. The molecule has 0 aliphatic rings. The van der Waals surface area contributed by atoms with Crippen LogP contribution in [0.15, 0.2) is 57.9 Å². The van der Waals surface area contributed by atoms with Gasteiger partial charge < -0.3 is 14.0 Å². The Bertz CT molecular complexity index is 899. The molecular weight excluding hydrogens is 371 g/mol. The summed E-state index contributed by atoms with van der Waals surface area (Å²) >= 11 is 1.26. The standard InChI is InChI=1S/C19H17FN2O4S/c1-2-24-16-6-4-3-5-15(16)19-21-17(26-22-19)11-25-18(23)12-27-14-9-7-13(20)8-10-14/h3-10H,2,11-12H2,1H3. The van der Waals surface area contributed by atoms with E-state index in [1.54, 1.807) is 12.1 Å². The lowest BCUT2D eigenvalue weighted by Crippen LogP contribution is -2.07. The second-order valence-electron chi connectivity index (χ2n) is 5.34. The lowest BCUT2D eigenvalue weighted by molar-refractivity contribution is -0.142. The first-order valence-corrected chi connectivity index (χ1v) is 9.23. The van der Waals surface area contributed by atoms with Crippen LogP contribution in [0.5, 0.6) is 5.75 Å². The number of ether oxygens (including phenoxy) is 2. The number of benzene rings is 2. The van der Waals surface area contributed by atoms with Gasteiger partial charge in [0, 0.05) is 4.90 Å². The van der Waals surface area contributed by atoms with Crippen LogP contribution < -0.4 is 4.74 Å². The average Bonchev–Trinajstić information content (AvgIpc) is 3.15. The van der Waals surface area contributed by atoms with Crippen LogP contribution in [0.4, 0.5) is 4.39 Å². The summed E-state index contributed by atoms with van der Waals surface area (Å²) < 4.78 is 28.7. The number of hydrogen-bond donors (Lipinski definition) is 0. The molecule has 27 heavy (non-hydrogen) atoms. The van der Waals surface area contributed by atoms with E-state index in [1.807, 2.05) is 31.2 Å². The third-order valence-corrected chi connectivity index (χ3v) is 4.41. The van der Waals surface area contributed by atoms with Crippen molar-refractivity contribution in [1.29, 1.82) is 0 Å². The Morgan fingerprint density at radius 3 is 2.74 bits per heavy atom. The first-order valence-electron chi connectivity index (χ1n) is 8.24. The van der Waals surface area contributed by atoms with Gasteiger partial charge in [0.15, 0.2) is 6.61 Å². The third kappa shape index (κ3) is 5.30. The van der Waals surface area contributed by atoms with E-state index in [-0.39, 0.29) is 24.1 Å². The van der Waals surface area contributed by atoms with Gasteiger partial charge in [0.1, 0.15) is 11.6 Å². The predicted octanol–water partition coefficient (Wildman–Crippen LogP) is 4.11. The van der Waals surface area contributed by atoms with Crippen LogP contribution in [0.25, 0.3) is 11.4 Å². The molecule has 1 heterocycles. The van der Waals surface area contributed by atoms with Gasteiger partial charge in [-0.1, -0.05) is 17.3 Å². The van der Waals surface area contributed by atoms with Crippen molar-refractivity contribution in [2.45, 2.75) is 18.4 Å². The molecule has 0 aliphatic heterocycles. The number of halogens is 1. The van der Waals surface area contributed by atoms with E-state index in [9.17, 15) is 9.18 Å². The lowest BCUT2D eigenvalue weighted by Gasteiger charge is -2.06. The highest BCUT2D eigenvalue weighted by Gasteiger charge is 2.14. The number of carbonyl (C=O) groups is 1. The Balaban J connectivity index is 1.53. The molecule has 3 rings (SSSR count). The second kappa shape index (κ2) is 9.18. The molecule has 0 saturated carbocycles. The zero-order valence-corrected chi connectivity index (χ0v) is 15.4. The van der Waals surface area contributed by atoms with E-state index >= 15 is 0 Å². The highest BCUT2D eigenvalue weighted by atomic mass is 32.2. The number of hydrogen-bond acceptors (Lipinski definition) is 7. The average molecular weight is 388 g/mol. The summed E-state index contributed by atoms with van der Waals surface area (Å²) in [6.45, 7) is 2.29. The zero-order chi connectivity index (χ0) is 19.1. The quantitative estimate of drug-likeness (QED) is 0.425. The van der Waals surface area contributed by atoms with Gasteiger partial charge in [-0.25, -0.2) is 4.39 Å². The topological polar surface area (TPSA) is 74.5 Å². The van der Waals surface area contributed by atoms with E-state index in [0.717, 1.165) is 4.90 Å². The third-order valence-electron chi connectivity index (χ3n) is 3.42. The van der Waals surface area contributed by atoms with Crippen molar-refractivity contribution in [1.82, 2.24) is 10.1 Å². The Hall–Kier alpha value is -2.87. The van der Waals surface area contributed by atoms with Crippen molar-refractivity contribution in [3.8, 4) is 17.1 Å². The zero-order valence-electron chi connectivity index (χ0n) is 14.6. The smallest absolute Gasteiger partial charge is 0.316 e. The van der Waals surface area contributed by atoms with Gasteiger partial charge >= 0.3 is 5.97 Å². The minimum Gasteiger partial charge on any atom is -0.493 e. The molecule has 140 valence electrons. The Morgan fingerprint density at radius 1 is 1.19 bits per heavy atom. The van der Waals surface area contributed by atoms with Gasteiger partial charge in [0.05, 0.1) is 17.9 Å². The monoisotopic (exact) mass is 388 g/mol. The maximum Gasteiger partial charge on any atom is 0.316 e. The molecular formula is C19H17FN2O4S. The molecule has 8 heteroatoms. The van der Waals surface area contributed by atoms with Gasteiger partial charge in [-0.15, -0.1) is 11.8 Å². The minimum atomic E-state index is -0.432. The highest BCUT2D eigenvalue weighted by molar-refractivity contribution is 8.00. The number of nitrogens with zero attached hydrogens (tertiary/aromatic N) is 2. The van der Waals surface area contributed by atoms with Gasteiger partial charge in [0.25, 0.3) is 5.89 Å². The summed E-state index contributed by atoms with van der Waals surface area (Å²) in [6.07, 6.45) is 0. The number of para-hydroxylation sites is 1. The number of rotatable bonds is 8. The molecule has 0 bridgehead atoms.